The molecule has 1 fully saturated rings. The van der Waals surface area contributed by atoms with E-state index in [9.17, 15) is 0 Å². The first-order valence-corrected chi connectivity index (χ1v) is 7.09. The largest absolute Gasteiger partial charge is 0.314 e. The Hall–Kier alpha value is -0.530. The van der Waals surface area contributed by atoms with E-state index in [-0.39, 0.29) is 0 Å². The minimum Gasteiger partial charge on any atom is -0.314 e. The lowest BCUT2D eigenvalue weighted by molar-refractivity contribution is 0.469. The number of rotatable bonds is 7. The molecular formula is C15H22ClN. The highest BCUT2D eigenvalue weighted by Crippen LogP contribution is 2.19. The van der Waals surface area contributed by atoms with Crippen LogP contribution in [0.5, 0.6) is 0 Å². The number of hydrogen-bond donors (Lipinski definition) is 1. The van der Waals surface area contributed by atoms with Crippen molar-refractivity contribution in [3.05, 3.63) is 34.9 Å². The third kappa shape index (κ3) is 5.10. The van der Waals surface area contributed by atoms with Gasteiger partial charge in [0.1, 0.15) is 0 Å². The molecule has 0 heterocycles. The van der Waals surface area contributed by atoms with Crippen molar-refractivity contribution in [3.8, 4) is 0 Å². The number of aryl methyl sites for hydroxylation is 1. The zero-order valence-corrected chi connectivity index (χ0v) is 11.3. The van der Waals surface area contributed by atoms with Crippen LogP contribution in [0.25, 0.3) is 0 Å². The molecule has 94 valence electrons. The van der Waals surface area contributed by atoms with Gasteiger partial charge in [0.15, 0.2) is 0 Å². The van der Waals surface area contributed by atoms with E-state index >= 15 is 0 Å². The molecule has 0 saturated heterocycles. The summed E-state index contributed by atoms with van der Waals surface area (Å²) in [6.07, 6.45) is 6.51. The molecule has 2 rings (SSSR count). The van der Waals surface area contributed by atoms with Gasteiger partial charge in [-0.05, 0) is 62.3 Å². The van der Waals surface area contributed by atoms with Gasteiger partial charge in [-0.1, -0.05) is 30.7 Å². The van der Waals surface area contributed by atoms with Crippen LogP contribution in [0, 0.1) is 5.92 Å². The first-order chi connectivity index (χ1) is 8.24. The van der Waals surface area contributed by atoms with Crippen molar-refractivity contribution in [3.63, 3.8) is 0 Å². The maximum absolute atomic E-state index is 5.87. The fraction of sp³-hybridized carbons (Fsp3) is 0.600. The molecule has 1 atom stereocenters. The first-order valence-electron chi connectivity index (χ1n) is 6.72. The summed E-state index contributed by atoms with van der Waals surface area (Å²) in [5.74, 6) is 0.803. The monoisotopic (exact) mass is 251 g/mol. The second-order valence-electron chi connectivity index (χ2n) is 5.29. The standard InChI is InChI=1S/C15H22ClN/c1-12(10-11-17-15-8-9-15)2-3-13-4-6-14(16)7-5-13/h4-7,12,15,17H,2-3,8-11H2,1H3. The quantitative estimate of drug-likeness (QED) is 0.771. The molecule has 17 heavy (non-hydrogen) atoms. The lowest BCUT2D eigenvalue weighted by Crippen LogP contribution is -2.19. The predicted octanol–water partition coefficient (Wildman–Crippen LogP) is 4.05. The highest BCUT2D eigenvalue weighted by Gasteiger charge is 2.19. The van der Waals surface area contributed by atoms with Crippen LogP contribution in [0.3, 0.4) is 0 Å². The Bertz CT molecular complexity index is 329. The van der Waals surface area contributed by atoms with Crippen molar-refractivity contribution < 1.29 is 0 Å². The zero-order chi connectivity index (χ0) is 12.1. The lowest BCUT2D eigenvalue weighted by atomic mass is 9.98. The minimum absolute atomic E-state index is 0.803. The molecule has 1 aliphatic rings. The van der Waals surface area contributed by atoms with Gasteiger partial charge in [-0.3, -0.25) is 0 Å². The van der Waals surface area contributed by atoms with Gasteiger partial charge in [0.05, 0.1) is 0 Å². The van der Waals surface area contributed by atoms with Gasteiger partial charge < -0.3 is 5.32 Å². The smallest absolute Gasteiger partial charge is 0.0406 e. The van der Waals surface area contributed by atoms with Crippen molar-refractivity contribution in [1.82, 2.24) is 5.32 Å². The van der Waals surface area contributed by atoms with Crippen LogP contribution < -0.4 is 5.32 Å². The maximum atomic E-state index is 5.87. The Morgan fingerprint density at radius 2 is 1.94 bits per heavy atom. The van der Waals surface area contributed by atoms with Crippen molar-refractivity contribution >= 4 is 11.6 Å². The van der Waals surface area contributed by atoms with Crippen molar-refractivity contribution in [1.29, 1.82) is 0 Å². The Morgan fingerprint density at radius 3 is 2.59 bits per heavy atom. The van der Waals surface area contributed by atoms with Crippen LogP contribution in [-0.2, 0) is 6.42 Å². The highest BCUT2D eigenvalue weighted by molar-refractivity contribution is 6.30. The Morgan fingerprint density at radius 1 is 1.24 bits per heavy atom. The molecule has 1 nitrogen and oxygen atoms in total. The van der Waals surface area contributed by atoms with Crippen LogP contribution >= 0.6 is 11.6 Å². The molecule has 1 aliphatic carbocycles. The van der Waals surface area contributed by atoms with Crippen LogP contribution in [0.15, 0.2) is 24.3 Å². The summed E-state index contributed by atoms with van der Waals surface area (Å²) in [5.41, 5.74) is 1.40. The molecule has 1 N–H and O–H groups in total. The average Bonchev–Trinajstić information content (AvgIpc) is 3.12. The topological polar surface area (TPSA) is 12.0 Å². The summed E-state index contributed by atoms with van der Waals surface area (Å²) in [6, 6.07) is 9.08. The Labute approximate surface area is 110 Å². The first kappa shape index (κ1) is 12.9. The van der Waals surface area contributed by atoms with Crippen LogP contribution in [0.1, 0.15) is 38.2 Å². The molecule has 0 amide bonds. The van der Waals surface area contributed by atoms with E-state index in [0.29, 0.717) is 0 Å². The predicted molar refractivity (Wildman–Crippen MR) is 74.6 cm³/mol. The van der Waals surface area contributed by atoms with Gasteiger partial charge in [0.2, 0.25) is 0 Å². The maximum Gasteiger partial charge on any atom is 0.0406 e. The molecular weight excluding hydrogens is 230 g/mol. The molecule has 0 aliphatic heterocycles. The van der Waals surface area contributed by atoms with Crippen LogP contribution in [0.2, 0.25) is 5.02 Å². The van der Waals surface area contributed by atoms with E-state index in [1.165, 1.54) is 44.2 Å². The van der Waals surface area contributed by atoms with Crippen LogP contribution in [0.4, 0.5) is 0 Å². The normalized spacial score (nSPS) is 17.1. The molecule has 0 spiro atoms. The van der Waals surface area contributed by atoms with Gasteiger partial charge in [0, 0.05) is 11.1 Å². The molecule has 1 aromatic rings. The third-order valence-electron chi connectivity index (χ3n) is 3.49. The molecule has 0 radical (unpaired) electrons. The molecule has 0 aromatic heterocycles. The summed E-state index contributed by atoms with van der Waals surface area (Å²) in [6.45, 7) is 3.54. The van der Waals surface area contributed by atoms with Gasteiger partial charge in [0.25, 0.3) is 0 Å². The van der Waals surface area contributed by atoms with E-state index in [1.54, 1.807) is 0 Å². The molecule has 1 unspecified atom stereocenters. The Kier molecular flexibility index (Phi) is 4.87. The van der Waals surface area contributed by atoms with E-state index < -0.39 is 0 Å². The molecule has 1 saturated carbocycles. The summed E-state index contributed by atoms with van der Waals surface area (Å²) in [4.78, 5) is 0. The SMILES string of the molecule is CC(CCNC1CC1)CCc1ccc(Cl)cc1. The zero-order valence-electron chi connectivity index (χ0n) is 10.6. The summed E-state index contributed by atoms with van der Waals surface area (Å²) in [5, 5.41) is 4.40. The van der Waals surface area contributed by atoms with Gasteiger partial charge in [-0.2, -0.15) is 0 Å². The third-order valence-corrected chi connectivity index (χ3v) is 3.74. The second kappa shape index (κ2) is 6.42. The summed E-state index contributed by atoms with van der Waals surface area (Å²) < 4.78 is 0. The van der Waals surface area contributed by atoms with Crippen molar-refractivity contribution in [2.24, 2.45) is 5.92 Å². The van der Waals surface area contributed by atoms with Gasteiger partial charge in [-0.25, -0.2) is 0 Å². The molecule has 2 heteroatoms. The van der Waals surface area contributed by atoms with Gasteiger partial charge >= 0.3 is 0 Å². The lowest BCUT2D eigenvalue weighted by Gasteiger charge is -2.11. The van der Waals surface area contributed by atoms with Crippen LogP contribution in [-0.4, -0.2) is 12.6 Å². The van der Waals surface area contributed by atoms with E-state index in [4.69, 9.17) is 11.6 Å². The molecule has 1 aromatic carbocycles. The van der Waals surface area contributed by atoms with Gasteiger partial charge in [-0.15, -0.1) is 0 Å². The summed E-state index contributed by atoms with van der Waals surface area (Å²) in [7, 11) is 0. The minimum atomic E-state index is 0.803. The second-order valence-corrected chi connectivity index (χ2v) is 5.72. The number of halogens is 1. The number of benzene rings is 1. The number of hydrogen-bond acceptors (Lipinski definition) is 1. The van der Waals surface area contributed by atoms with E-state index in [1.807, 2.05) is 12.1 Å². The summed E-state index contributed by atoms with van der Waals surface area (Å²) >= 11 is 5.87. The van der Waals surface area contributed by atoms with E-state index in [2.05, 4.69) is 24.4 Å². The molecule has 0 bridgehead atoms. The van der Waals surface area contributed by atoms with Crippen molar-refractivity contribution in [2.75, 3.05) is 6.54 Å². The fourth-order valence-electron chi connectivity index (χ4n) is 2.03. The number of nitrogens with one attached hydrogen (secondary N) is 1. The van der Waals surface area contributed by atoms with E-state index in [0.717, 1.165) is 17.0 Å². The fourth-order valence-corrected chi connectivity index (χ4v) is 2.16. The average molecular weight is 252 g/mol. The highest BCUT2D eigenvalue weighted by atomic mass is 35.5. The van der Waals surface area contributed by atoms with Crippen molar-refractivity contribution in [2.45, 2.75) is 45.1 Å². The Balaban J connectivity index is 1.60.